The highest BCUT2D eigenvalue weighted by atomic mass is 14.0. The molecular weight excluding hydrogens is 180 g/mol. The number of hydrogen-bond donors (Lipinski definition) is 0. The van der Waals surface area contributed by atoms with Crippen LogP contribution in [0.4, 0.5) is 0 Å². The summed E-state index contributed by atoms with van der Waals surface area (Å²) in [7, 11) is 0. The van der Waals surface area contributed by atoms with Gasteiger partial charge in [0.05, 0.1) is 0 Å². The van der Waals surface area contributed by atoms with Crippen LogP contribution in [0.25, 0.3) is 0 Å². The van der Waals surface area contributed by atoms with Gasteiger partial charge in [0, 0.05) is 0 Å². The lowest BCUT2D eigenvalue weighted by molar-refractivity contribution is 1.22. The van der Waals surface area contributed by atoms with Crippen LogP contribution in [0, 0.1) is 0 Å². The van der Waals surface area contributed by atoms with E-state index in [9.17, 15) is 0 Å². The first-order valence-electron chi connectivity index (χ1n) is 5.48. The monoisotopic (exact) mass is 204 g/mol. The normalized spacial score (nSPS) is 12.8. The van der Waals surface area contributed by atoms with Gasteiger partial charge in [-0.1, -0.05) is 62.5 Å². The molecular formula is C15H24. The Bertz CT molecular complexity index is 249. The summed E-state index contributed by atoms with van der Waals surface area (Å²) in [5, 5.41) is 0. The van der Waals surface area contributed by atoms with Gasteiger partial charge in [-0.3, -0.25) is 0 Å². The lowest BCUT2D eigenvalue weighted by Gasteiger charge is -1.92. The number of rotatable bonds is 1. The van der Waals surface area contributed by atoms with Crippen molar-refractivity contribution in [1.82, 2.24) is 0 Å². The average Bonchev–Trinajstić information content (AvgIpc) is 2.46. The Hall–Kier alpha value is -1.30. The molecule has 84 valence electrons. The second kappa shape index (κ2) is 12.7. The third-order valence-electron chi connectivity index (χ3n) is 1.51. The van der Waals surface area contributed by atoms with Crippen molar-refractivity contribution in [3.05, 3.63) is 60.8 Å². The molecule has 0 spiro atoms. The van der Waals surface area contributed by atoms with E-state index >= 15 is 0 Å². The Kier molecular flexibility index (Phi) is 13.7. The molecule has 0 aromatic heterocycles. The van der Waals surface area contributed by atoms with Crippen molar-refractivity contribution in [2.45, 2.75) is 34.1 Å². The maximum Gasteiger partial charge on any atom is -0.0135 e. The van der Waals surface area contributed by atoms with Crippen LogP contribution in [0.2, 0.25) is 0 Å². The molecule has 0 aliphatic heterocycles. The van der Waals surface area contributed by atoms with Gasteiger partial charge in [-0.05, 0) is 25.8 Å². The average molecular weight is 204 g/mol. The molecule has 0 atom stereocenters. The summed E-state index contributed by atoms with van der Waals surface area (Å²) >= 11 is 0. The van der Waals surface area contributed by atoms with Crippen LogP contribution in [0.5, 0.6) is 0 Å². The SMILES string of the molecule is C=CC.C=CC1=CC=CCC(C)=C1.CC. The molecule has 0 fully saturated rings. The first-order chi connectivity index (χ1) is 7.24. The maximum absolute atomic E-state index is 3.71. The largest absolute Gasteiger partial charge is 0.103 e. The zero-order valence-electron chi connectivity index (χ0n) is 10.6. The van der Waals surface area contributed by atoms with Crippen LogP contribution < -0.4 is 0 Å². The molecule has 0 saturated heterocycles. The van der Waals surface area contributed by atoms with Crippen LogP contribution >= 0.6 is 0 Å². The highest BCUT2D eigenvalue weighted by Gasteiger charge is 1.91. The standard InChI is InChI=1S/C10H12.C3H6.C2H6/c1-3-10-7-5-4-6-9(2)8-10;1-3-2;1-2/h3-5,7-8H,1,6H2,2H3;3H,1H2,2H3;1-2H3. The highest BCUT2D eigenvalue weighted by molar-refractivity contribution is 5.37. The van der Waals surface area contributed by atoms with E-state index in [0.29, 0.717) is 0 Å². The molecule has 0 amide bonds. The van der Waals surface area contributed by atoms with Crippen LogP contribution in [0.15, 0.2) is 60.8 Å². The molecule has 0 saturated carbocycles. The van der Waals surface area contributed by atoms with Gasteiger partial charge in [0.2, 0.25) is 0 Å². The summed E-state index contributed by atoms with van der Waals surface area (Å²) in [6.45, 7) is 15.1. The Morgan fingerprint density at radius 2 is 1.80 bits per heavy atom. The quantitative estimate of drug-likeness (QED) is 0.513. The van der Waals surface area contributed by atoms with Gasteiger partial charge in [0.25, 0.3) is 0 Å². The lowest BCUT2D eigenvalue weighted by Crippen LogP contribution is -1.72. The summed E-state index contributed by atoms with van der Waals surface area (Å²) in [4.78, 5) is 0. The molecule has 0 radical (unpaired) electrons. The predicted octanol–water partition coefficient (Wildman–Crippen LogP) is 5.22. The molecule has 1 rings (SSSR count). The fourth-order valence-electron chi connectivity index (χ4n) is 0.952. The summed E-state index contributed by atoms with van der Waals surface area (Å²) in [6, 6.07) is 0. The topological polar surface area (TPSA) is 0 Å². The Morgan fingerprint density at radius 1 is 1.27 bits per heavy atom. The van der Waals surface area contributed by atoms with Crippen molar-refractivity contribution in [2.24, 2.45) is 0 Å². The van der Waals surface area contributed by atoms with Gasteiger partial charge in [0.1, 0.15) is 0 Å². The van der Waals surface area contributed by atoms with Gasteiger partial charge >= 0.3 is 0 Å². The summed E-state index contributed by atoms with van der Waals surface area (Å²) in [6.07, 6.45) is 13.1. The molecule has 15 heavy (non-hydrogen) atoms. The van der Waals surface area contributed by atoms with Gasteiger partial charge < -0.3 is 0 Å². The van der Waals surface area contributed by atoms with Crippen molar-refractivity contribution in [1.29, 1.82) is 0 Å². The van der Waals surface area contributed by atoms with Crippen LogP contribution in [-0.2, 0) is 0 Å². The van der Waals surface area contributed by atoms with Crippen LogP contribution in [-0.4, -0.2) is 0 Å². The van der Waals surface area contributed by atoms with Crippen molar-refractivity contribution in [3.8, 4) is 0 Å². The smallest absolute Gasteiger partial charge is 0.0135 e. The van der Waals surface area contributed by atoms with Crippen molar-refractivity contribution in [3.63, 3.8) is 0 Å². The minimum absolute atomic E-state index is 1.06. The Labute approximate surface area is 95.4 Å². The minimum Gasteiger partial charge on any atom is -0.103 e. The van der Waals surface area contributed by atoms with E-state index in [4.69, 9.17) is 0 Å². The van der Waals surface area contributed by atoms with E-state index < -0.39 is 0 Å². The van der Waals surface area contributed by atoms with Crippen molar-refractivity contribution in [2.75, 3.05) is 0 Å². The fourth-order valence-corrected chi connectivity index (χ4v) is 0.952. The van der Waals surface area contributed by atoms with E-state index in [2.05, 4.69) is 44.4 Å². The summed E-state index contributed by atoms with van der Waals surface area (Å²) in [5.74, 6) is 0. The molecule has 0 N–H and O–H groups in total. The molecule has 0 unspecified atom stereocenters. The third kappa shape index (κ3) is 10.6. The molecule has 0 aromatic carbocycles. The molecule has 0 nitrogen and oxygen atoms in total. The molecule has 1 aliphatic rings. The Balaban J connectivity index is 0. The van der Waals surface area contributed by atoms with Gasteiger partial charge in [-0.25, -0.2) is 0 Å². The van der Waals surface area contributed by atoms with Gasteiger partial charge in [0.15, 0.2) is 0 Å². The molecule has 0 aromatic rings. The van der Waals surface area contributed by atoms with E-state index in [1.165, 1.54) is 11.1 Å². The second-order valence-electron chi connectivity index (χ2n) is 2.90. The van der Waals surface area contributed by atoms with Crippen molar-refractivity contribution < 1.29 is 0 Å². The maximum atomic E-state index is 3.71. The lowest BCUT2D eigenvalue weighted by atomic mass is 10.1. The number of allylic oxidation sites excluding steroid dienone is 8. The molecule has 0 bridgehead atoms. The van der Waals surface area contributed by atoms with Gasteiger partial charge in [-0.15, -0.1) is 6.58 Å². The van der Waals surface area contributed by atoms with E-state index in [1.807, 2.05) is 26.8 Å². The Morgan fingerprint density at radius 3 is 2.27 bits per heavy atom. The summed E-state index contributed by atoms with van der Waals surface area (Å²) in [5.41, 5.74) is 2.59. The van der Waals surface area contributed by atoms with Crippen LogP contribution in [0.3, 0.4) is 0 Å². The molecule has 0 heterocycles. The second-order valence-corrected chi connectivity index (χ2v) is 2.90. The zero-order chi connectivity index (χ0) is 12.1. The highest BCUT2D eigenvalue weighted by Crippen LogP contribution is 2.11. The zero-order valence-corrected chi connectivity index (χ0v) is 10.6. The van der Waals surface area contributed by atoms with Gasteiger partial charge in [-0.2, -0.15) is 0 Å². The molecule has 0 heteroatoms. The summed E-state index contributed by atoms with van der Waals surface area (Å²) < 4.78 is 0. The first-order valence-corrected chi connectivity index (χ1v) is 5.48. The van der Waals surface area contributed by atoms with E-state index in [-0.39, 0.29) is 0 Å². The van der Waals surface area contributed by atoms with E-state index in [0.717, 1.165) is 6.42 Å². The molecule has 1 aliphatic carbocycles. The predicted molar refractivity (Wildman–Crippen MR) is 73.0 cm³/mol. The van der Waals surface area contributed by atoms with E-state index in [1.54, 1.807) is 6.08 Å². The minimum atomic E-state index is 1.06. The first kappa shape index (κ1) is 16.1. The van der Waals surface area contributed by atoms with Crippen molar-refractivity contribution >= 4 is 0 Å². The van der Waals surface area contributed by atoms with Crippen LogP contribution in [0.1, 0.15) is 34.1 Å². The number of hydrogen-bond acceptors (Lipinski definition) is 0. The third-order valence-corrected chi connectivity index (χ3v) is 1.51. The fraction of sp³-hybridized carbons (Fsp3) is 0.333.